The molecule has 3 aromatic rings. The summed E-state index contributed by atoms with van der Waals surface area (Å²) in [5, 5.41) is 20.0. The number of halogens is 1. The Morgan fingerprint density at radius 2 is 1.97 bits per heavy atom. The van der Waals surface area contributed by atoms with E-state index in [-0.39, 0.29) is 29.2 Å². The third-order valence-corrected chi connectivity index (χ3v) is 6.49. The topological polar surface area (TPSA) is 97.5 Å². The van der Waals surface area contributed by atoms with Gasteiger partial charge < -0.3 is 19.3 Å². The first kappa shape index (κ1) is 23.1. The molecule has 1 aliphatic heterocycles. The van der Waals surface area contributed by atoms with E-state index >= 15 is 0 Å². The predicted octanol–water partition coefficient (Wildman–Crippen LogP) is 3.07. The second-order valence-corrected chi connectivity index (χ2v) is 9.21. The number of hydrogen-bond acceptors (Lipinski definition) is 7. The van der Waals surface area contributed by atoms with E-state index in [1.807, 2.05) is 20.8 Å². The summed E-state index contributed by atoms with van der Waals surface area (Å²) < 4.78 is 20.3. The lowest BCUT2D eigenvalue weighted by Gasteiger charge is -2.40. The highest BCUT2D eigenvalue weighted by Crippen LogP contribution is 2.30. The first-order valence-corrected chi connectivity index (χ1v) is 11.6. The van der Waals surface area contributed by atoms with E-state index in [1.165, 1.54) is 23.5 Å². The van der Waals surface area contributed by atoms with Gasteiger partial charge in [-0.2, -0.15) is 0 Å². The van der Waals surface area contributed by atoms with Crippen molar-refractivity contribution in [2.24, 2.45) is 0 Å². The van der Waals surface area contributed by atoms with Gasteiger partial charge in [0, 0.05) is 31.8 Å². The quantitative estimate of drug-likeness (QED) is 0.568. The van der Waals surface area contributed by atoms with E-state index in [4.69, 9.17) is 4.74 Å². The normalized spacial score (nSPS) is 15.8. The SMILES string of the molecule is CCOC[C@@H]1Cn2cc(-c3nnc(Cc4ccc(F)cc4)s3)c(=O)c(O)c2C(=O)N1C(C)C. The Morgan fingerprint density at radius 3 is 2.64 bits per heavy atom. The van der Waals surface area contributed by atoms with Gasteiger partial charge in [-0.15, -0.1) is 10.2 Å². The molecule has 0 unspecified atom stereocenters. The summed E-state index contributed by atoms with van der Waals surface area (Å²) in [5.41, 5.74) is 0.356. The van der Waals surface area contributed by atoms with Gasteiger partial charge in [-0.25, -0.2) is 4.39 Å². The van der Waals surface area contributed by atoms with Crippen LogP contribution in [0.5, 0.6) is 5.75 Å². The first-order chi connectivity index (χ1) is 15.8. The van der Waals surface area contributed by atoms with Crippen molar-refractivity contribution in [1.29, 1.82) is 0 Å². The van der Waals surface area contributed by atoms with Crippen molar-refractivity contribution >= 4 is 17.2 Å². The van der Waals surface area contributed by atoms with Gasteiger partial charge in [0.2, 0.25) is 5.43 Å². The average Bonchev–Trinajstić information content (AvgIpc) is 3.24. The Hall–Kier alpha value is -3.11. The lowest BCUT2D eigenvalue weighted by Crippen LogP contribution is -2.53. The van der Waals surface area contributed by atoms with Crippen LogP contribution >= 0.6 is 11.3 Å². The number of pyridine rings is 1. The summed E-state index contributed by atoms with van der Waals surface area (Å²) in [6.45, 7) is 6.91. The highest BCUT2D eigenvalue weighted by Gasteiger charge is 2.37. The molecule has 0 aliphatic carbocycles. The van der Waals surface area contributed by atoms with Crippen molar-refractivity contribution in [3.8, 4) is 16.3 Å². The van der Waals surface area contributed by atoms with Crippen molar-refractivity contribution < 1.29 is 19.0 Å². The molecule has 0 spiro atoms. The molecule has 1 amide bonds. The number of carbonyl (C=O) groups excluding carboxylic acids is 1. The van der Waals surface area contributed by atoms with Crippen LogP contribution in [0, 0.1) is 5.82 Å². The highest BCUT2D eigenvalue weighted by molar-refractivity contribution is 7.14. The van der Waals surface area contributed by atoms with Crippen LogP contribution in [-0.2, 0) is 17.7 Å². The number of fused-ring (bicyclic) bond motifs is 1. The molecule has 0 saturated heterocycles. The van der Waals surface area contributed by atoms with Gasteiger partial charge in [0.25, 0.3) is 5.91 Å². The molecule has 1 aliphatic rings. The van der Waals surface area contributed by atoms with Gasteiger partial charge in [0.05, 0.1) is 18.2 Å². The fraction of sp³-hybridized carbons (Fsp3) is 0.391. The van der Waals surface area contributed by atoms with Gasteiger partial charge in [0.15, 0.2) is 16.5 Å². The molecule has 1 aromatic carbocycles. The molecular weight excluding hydrogens is 447 g/mol. The van der Waals surface area contributed by atoms with Gasteiger partial charge >= 0.3 is 0 Å². The standard InChI is InChI=1S/C23H25FN4O4S/c1-4-32-12-16-10-27-11-17(20(29)21(30)19(27)23(31)28(16)13(2)3)22-26-25-18(33-22)9-14-5-7-15(24)8-6-14/h5-8,11,13,16,30H,4,9-10,12H2,1-3H3/t16-/m0/s1. The van der Waals surface area contributed by atoms with E-state index in [2.05, 4.69) is 10.2 Å². The van der Waals surface area contributed by atoms with Crippen molar-refractivity contribution in [2.45, 2.75) is 45.8 Å². The number of aromatic nitrogens is 3. The minimum atomic E-state index is -0.661. The second-order valence-electron chi connectivity index (χ2n) is 8.15. The first-order valence-electron chi connectivity index (χ1n) is 10.7. The monoisotopic (exact) mass is 472 g/mol. The zero-order valence-electron chi connectivity index (χ0n) is 18.6. The van der Waals surface area contributed by atoms with Crippen LogP contribution < -0.4 is 5.43 Å². The zero-order chi connectivity index (χ0) is 23.7. The van der Waals surface area contributed by atoms with E-state index in [0.29, 0.717) is 36.2 Å². The molecule has 3 heterocycles. The van der Waals surface area contributed by atoms with Crippen LogP contribution in [0.3, 0.4) is 0 Å². The van der Waals surface area contributed by atoms with Crippen molar-refractivity contribution in [1.82, 2.24) is 19.7 Å². The highest BCUT2D eigenvalue weighted by atomic mass is 32.1. The van der Waals surface area contributed by atoms with Crippen LogP contribution in [0.15, 0.2) is 35.3 Å². The maximum absolute atomic E-state index is 13.2. The third kappa shape index (κ3) is 4.53. The van der Waals surface area contributed by atoms with Gasteiger partial charge in [-0.3, -0.25) is 9.59 Å². The van der Waals surface area contributed by atoms with Crippen molar-refractivity contribution in [3.05, 3.63) is 62.8 Å². The lowest BCUT2D eigenvalue weighted by molar-refractivity contribution is 0.0228. The number of ether oxygens (including phenoxy) is 1. The van der Waals surface area contributed by atoms with E-state index in [0.717, 1.165) is 5.56 Å². The second kappa shape index (κ2) is 9.40. The minimum Gasteiger partial charge on any atom is -0.503 e. The molecule has 1 atom stereocenters. The fourth-order valence-electron chi connectivity index (χ4n) is 4.03. The molecule has 10 heteroatoms. The van der Waals surface area contributed by atoms with E-state index < -0.39 is 17.1 Å². The van der Waals surface area contributed by atoms with E-state index in [1.54, 1.807) is 27.8 Å². The number of carbonyl (C=O) groups is 1. The predicted molar refractivity (Wildman–Crippen MR) is 122 cm³/mol. The Balaban J connectivity index is 1.69. The summed E-state index contributed by atoms with van der Waals surface area (Å²) in [7, 11) is 0. The number of amides is 1. The van der Waals surface area contributed by atoms with Crippen LogP contribution in [-0.4, -0.2) is 56.0 Å². The largest absolute Gasteiger partial charge is 0.503 e. The molecule has 4 rings (SSSR count). The molecular formula is C23H25FN4O4S. The molecule has 33 heavy (non-hydrogen) atoms. The van der Waals surface area contributed by atoms with Gasteiger partial charge in [-0.1, -0.05) is 23.5 Å². The van der Waals surface area contributed by atoms with E-state index in [9.17, 15) is 19.1 Å². The number of aromatic hydroxyl groups is 1. The maximum Gasteiger partial charge on any atom is 0.275 e. The Bertz CT molecular complexity index is 1220. The Morgan fingerprint density at radius 1 is 1.24 bits per heavy atom. The summed E-state index contributed by atoms with van der Waals surface area (Å²) in [6, 6.07) is 5.73. The number of benzene rings is 1. The Labute approximate surface area is 194 Å². The average molecular weight is 473 g/mol. The van der Waals surface area contributed by atoms with Crippen molar-refractivity contribution in [2.75, 3.05) is 13.2 Å². The van der Waals surface area contributed by atoms with Crippen LogP contribution in [0.1, 0.15) is 41.8 Å². The molecule has 0 saturated carbocycles. The minimum absolute atomic E-state index is 0.0266. The smallest absolute Gasteiger partial charge is 0.275 e. The lowest BCUT2D eigenvalue weighted by atomic mass is 10.1. The number of nitrogens with zero attached hydrogens (tertiary/aromatic N) is 4. The molecule has 174 valence electrons. The third-order valence-electron chi connectivity index (χ3n) is 5.53. The summed E-state index contributed by atoms with van der Waals surface area (Å²) in [4.78, 5) is 27.8. The fourth-order valence-corrected chi connectivity index (χ4v) is 4.91. The number of hydrogen-bond donors (Lipinski definition) is 1. The zero-order valence-corrected chi connectivity index (χ0v) is 19.4. The maximum atomic E-state index is 13.2. The van der Waals surface area contributed by atoms with Gasteiger partial charge in [0.1, 0.15) is 10.8 Å². The molecule has 8 nitrogen and oxygen atoms in total. The Kier molecular flexibility index (Phi) is 6.57. The molecule has 0 fully saturated rings. The van der Waals surface area contributed by atoms with Crippen LogP contribution in [0.25, 0.3) is 10.6 Å². The summed E-state index contributed by atoms with van der Waals surface area (Å²) in [6.07, 6.45) is 2.00. The summed E-state index contributed by atoms with van der Waals surface area (Å²) >= 11 is 1.22. The van der Waals surface area contributed by atoms with Crippen LogP contribution in [0.4, 0.5) is 4.39 Å². The van der Waals surface area contributed by atoms with Crippen LogP contribution in [0.2, 0.25) is 0 Å². The molecule has 0 bridgehead atoms. The van der Waals surface area contributed by atoms with Crippen molar-refractivity contribution in [3.63, 3.8) is 0 Å². The molecule has 2 aromatic heterocycles. The van der Waals surface area contributed by atoms with Gasteiger partial charge in [-0.05, 0) is 38.5 Å². The summed E-state index contributed by atoms with van der Waals surface area (Å²) in [5.74, 6) is -1.31. The number of rotatable bonds is 7. The molecule has 0 radical (unpaired) electrons. The molecule has 1 N–H and O–H groups in total.